The smallest absolute Gasteiger partial charge is 0.200 e. The normalized spacial score (nSPS) is 17.2. The first-order chi connectivity index (χ1) is 12.8. The zero-order valence-corrected chi connectivity index (χ0v) is 14.6. The lowest BCUT2D eigenvalue weighted by Gasteiger charge is -2.23. The fraction of sp³-hybridized carbons (Fsp3) is 0.286. The minimum atomic E-state index is -0.235. The summed E-state index contributed by atoms with van der Waals surface area (Å²) >= 11 is 0. The summed E-state index contributed by atoms with van der Waals surface area (Å²) in [6, 6.07) is 12.6. The number of benzene rings is 2. The first kappa shape index (κ1) is 16.7. The Morgan fingerprint density at radius 1 is 1.08 bits per heavy atom. The van der Waals surface area contributed by atoms with Crippen molar-refractivity contribution in [3.05, 3.63) is 59.0 Å². The Morgan fingerprint density at radius 3 is 2.77 bits per heavy atom. The third-order valence-electron chi connectivity index (χ3n) is 4.55. The maximum Gasteiger partial charge on any atom is 0.200 e. The number of methoxy groups -OCH3 is 1. The molecule has 1 fully saturated rings. The molecule has 5 heteroatoms. The van der Waals surface area contributed by atoms with E-state index in [1.807, 2.05) is 24.3 Å². The number of hydrogen-bond donors (Lipinski definition) is 0. The number of ether oxygens (including phenoxy) is 3. The molecule has 2 aromatic carbocycles. The Kier molecular flexibility index (Phi) is 4.63. The molecule has 0 aliphatic carbocycles. The lowest BCUT2D eigenvalue weighted by atomic mass is 10.0. The van der Waals surface area contributed by atoms with E-state index in [-0.39, 0.29) is 11.7 Å². The van der Waals surface area contributed by atoms with E-state index < -0.39 is 0 Å². The van der Waals surface area contributed by atoms with Gasteiger partial charge < -0.3 is 18.6 Å². The summed E-state index contributed by atoms with van der Waals surface area (Å²) in [6.07, 6.45) is 4.27. The highest BCUT2D eigenvalue weighted by molar-refractivity contribution is 5.83. The summed E-state index contributed by atoms with van der Waals surface area (Å²) in [5.41, 5.74) is 1.57. The molecule has 5 nitrogen and oxygen atoms in total. The van der Waals surface area contributed by atoms with Gasteiger partial charge in [0, 0.05) is 18.1 Å². The third kappa shape index (κ3) is 3.18. The van der Waals surface area contributed by atoms with Gasteiger partial charge in [-0.1, -0.05) is 18.2 Å². The number of fused-ring (bicyclic) bond motifs is 1. The minimum absolute atomic E-state index is 0.101. The average Bonchev–Trinajstić information content (AvgIpc) is 2.69. The lowest BCUT2D eigenvalue weighted by molar-refractivity contribution is -0.105. The molecule has 134 valence electrons. The standard InChI is InChI=1S/C21H20O5/c1-23-18-7-3-2-6-15(18)17-13-25-19-12-14(9-10-16(19)21(17)22)26-20-8-4-5-11-24-20/h2-3,6-7,9-10,12-13,20H,4-5,8,11H2,1H3. The Bertz CT molecular complexity index is 970. The van der Waals surface area contributed by atoms with E-state index in [2.05, 4.69) is 0 Å². The van der Waals surface area contributed by atoms with Crippen LogP contribution in [-0.2, 0) is 4.74 Å². The monoisotopic (exact) mass is 352 g/mol. The molecule has 1 saturated heterocycles. The summed E-state index contributed by atoms with van der Waals surface area (Å²) in [5.74, 6) is 1.27. The first-order valence-corrected chi connectivity index (χ1v) is 8.73. The van der Waals surface area contributed by atoms with Gasteiger partial charge in [-0.15, -0.1) is 0 Å². The minimum Gasteiger partial charge on any atom is -0.496 e. The third-order valence-corrected chi connectivity index (χ3v) is 4.55. The maximum absolute atomic E-state index is 12.9. The van der Waals surface area contributed by atoms with Gasteiger partial charge in [-0.3, -0.25) is 4.79 Å². The molecule has 0 spiro atoms. The van der Waals surface area contributed by atoms with E-state index in [0.29, 0.717) is 33.6 Å². The fourth-order valence-electron chi connectivity index (χ4n) is 3.19. The van der Waals surface area contributed by atoms with Gasteiger partial charge in [0.25, 0.3) is 0 Å². The molecule has 4 rings (SSSR count). The zero-order chi connectivity index (χ0) is 17.9. The van der Waals surface area contributed by atoms with E-state index >= 15 is 0 Å². The summed E-state index contributed by atoms with van der Waals surface area (Å²) in [4.78, 5) is 12.9. The Balaban J connectivity index is 1.70. The highest BCUT2D eigenvalue weighted by Gasteiger charge is 2.17. The van der Waals surface area contributed by atoms with Crippen molar-refractivity contribution in [2.75, 3.05) is 13.7 Å². The second kappa shape index (κ2) is 7.22. The van der Waals surface area contributed by atoms with Crippen LogP contribution in [0.4, 0.5) is 0 Å². The molecule has 0 N–H and O–H groups in total. The molecule has 2 heterocycles. The van der Waals surface area contributed by atoms with E-state index in [4.69, 9.17) is 18.6 Å². The van der Waals surface area contributed by atoms with Gasteiger partial charge in [-0.25, -0.2) is 0 Å². The SMILES string of the molecule is COc1ccccc1-c1coc2cc(OC3CCCCO3)ccc2c1=O. The molecule has 0 bridgehead atoms. The Hall–Kier alpha value is -2.79. The predicted octanol–water partition coefficient (Wildman–Crippen LogP) is 4.37. The topological polar surface area (TPSA) is 57.9 Å². The molecule has 0 saturated carbocycles. The van der Waals surface area contributed by atoms with Crippen LogP contribution >= 0.6 is 0 Å². The van der Waals surface area contributed by atoms with Crippen molar-refractivity contribution in [3.8, 4) is 22.6 Å². The first-order valence-electron chi connectivity index (χ1n) is 8.73. The second-order valence-electron chi connectivity index (χ2n) is 6.25. The van der Waals surface area contributed by atoms with Crippen LogP contribution in [0, 0.1) is 0 Å². The molecule has 1 unspecified atom stereocenters. The van der Waals surface area contributed by atoms with Crippen molar-refractivity contribution >= 4 is 11.0 Å². The largest absolute Gasteiger partial charge is 0.496 e. The van der Waals surface area contributed by atoms with Crippen molar-refractivity contribution < 1.29 is 18.6 Å². The Labute approximate surface area is 151 Å². The van der Waals surface area contributed by atoms with E-state index in [1.54, 1.807) is 25.3 Å². The van der Waals surface area contributed by atoms with Crippen LogP contribution in [0.25, 0.3) is 22.1 Å². The van der Waals surface area contributed by atoms with Crippen LogP contribution in [-0.4, -0.2) is 20.0 Å². The lowest BCUT2D eigenvalue weighted by Crippen LogP contribution is -2.24. The average molecular weight is 352 g/mol. The van der Waals surface area contributed by atoms with Crippen LogP contribution < -0.4 is 14.9 Å². The van der Waals surface area contributed by atoms with Crippen molar-refractivity contribution in [3.63, 3.8) is 0 Å². The molecule has 1 atom stereocenters. The molecule has 1 aliphatic heterocycles. The van der Waals surface area contributed by atoms with Crippen LogP contribution in [0.3, 0.4) is 0 Å². The van der Waals surface area contributed by atoms with Gasteiger partial charge in [-0.2, -0.15) is 0 Å². The maximum atomic E-state index is 12.9. The Morgan fingerprint density at radius 2 is 1.96 bits per heavy atom. The van der Waals surface area contributed by atoms with Crippen LogP contribution in [0.2, 0.25) is 0 Å². The molecular formula is C21H20O5. The van der Waals surface area contributed by atoms with Gasteiger partial charge in [0.1, 0.15) is 23.3 Å². The summed E-state index contributed by atoms with van der Waals surface area (Å²) in [6.45, 7) is 0.718. The summed E-state index contributed by atoms with van der Waals surface area (Å²) in [5, 5.41) is 0.505. The van der Waals surface area contributed by atoms with Crippen LogP contribution in [0.1, 0.15) is 19.3 Å². The number of hydrogen-bond acceptors (Lipinski definition) is 5. The van der Waals surface area contributed by atoms with Gasteiger partial charge >= 0.3 is 0 Å². The highest BCUT2D eigenvalue weighted by atomic mass is 16.7. The van der Waals surface area contributed by atoms with Crippen molar-refractivity contribution in [2.45, 2.75) is 25.6 Å². The molecule has 0 radical (unpaired) electrons. The van der Waals surface area contributed by atoms with E-state index in [0.717, 1.165) is 25.9 Å². The van der Waals surface area contributed by atoms with Crippen molar-refractivity contribution in [2.24, 2.45) is 0 Å². The van der Waals surface area contributed by atoms with E-state index in [1.165, 1.54) is 6.26 Å². The van der Waals surface area contributed by atoms with E-state index in [9.17, 15) is 4.79 Å². The summed E-state index contributed by atoms with van der Waals surface area (Å²) < 4.78 is 22.5. The summed E-state index contributed by atoms with van der Waals surface area (Å²) in [7, 11) is 1.58. The van der Waals surface area contributed by atoms with Gasteiger partial charge in [0.05, 0.1) is 24.7 Å². The second-order valence-corrected chi connectivity index (χ2v) is 6.25. The highest BCUT2D eigenvalue weighted by Crippen LogP contribution is 2.30. The van der Waals surface area contributed by atoms with Gasteiger partial charge in [-0.05, 0) is 31.0 Å². The predicted molar refractivity (Wildman–Crippen MR) is 98.7 cm³/mol. The molecule has 1 aromatic heterocycles. The molecule has 1 aliphatic rings. The molecule has 26 heavy (non-hydrogen) atoms. The number of rotatable bonds is 4. The molecular weight excluding hydrogens is 332 g/mol. The number of para-hydroxylation sites is 1. The zero-order valence-electron chi connectivity index (χ0n) is 14.6. The quantitative estimate of drug-likeness (QED) is 0.698. The van der Waals surface area contributed by atoms with Crippen LogP contribution in [0.15, 0.2) is 57.9 Å². The molecule has 0 amide bonds. The van der Waals surface area contributed by atoms with Gasteiger partial charge in [0.2, 0.25) is 5.43 Å². The van der Waals surface area contributed by atoms with Crippen molar-refractivity contribution in [1.29, 1.82) is 0 Å². The fourth-order valence-corrected chi connectivity index (χ4v) is 3.19. The van der Waals surface area contributed by atoms with Crippen LogP contribution in [0.5, 0.6) is 11.5 Å². The van der Waals surface area contributed by atoms with Crippen molar-refractivity contribution in [1.82, 2.24) is 0 Å². The van der Waals surface area contributed by atoms with Gasteiger partial charge in [0.15, 0.2) is 6.29 Å². The molecule has 3 aromatic rings.